The summed E-state index contributed by atoms with van der Waals surface area (Å²) in [4.78, 5) is 2.43. The molecular weight excluding hydrogens is 212 g/mol. The van der Waals surface area contributed by atoms with E-state index in [1.165, 1.54) is 11.1 Å². The number of rotatable bonds is 4. The summed E-state index contributed by atoms with van der Waals surface area (Å²) in [5.41, 5.74) is 2.44. The van der Waals surface area contributed by atoms with Crippen molar-refractivity contribution in [3.63, 3.8) is 0 Å². The lowest BCUT2D eigenvalue weighted by molar-refractivity contribution is 0.258. The number of piperazine rings is 1. The smallest absolute Gasteiger partial charge is 0.115 e. The van der Waals surface area contributed by atoms with Crippen molar-refractivity contribution in [2.24, 2.45) is 0 Å². The standard InChI is InChI=1S/C14H20N2O/c1-12(11-16-8-6-15-7-9-16)10-13-2-4-14(17)5-3-13/h2-5,15,17H,1,6-11H2. The fourth-order valence-electron chi connectivity index (χ4n) is 2.14. The predicted molar refractivity (Wildman–Crippen MR) is 70.3 cm³/mol. The van der Waals surface area contributed by atoms with Gasteiger partial charge in [-0.15, -0.1) is 0 Å². The zero-order valence-electron chi connectivity index (χ0n) is 10.2. The maximum Gasteiger partial charge on any atom is 0.115 e. The van der Waals surface area contributed by atoms with Gasteiger partial charge >= 0.3 is 0 Å². The van der Waals surface area contributed by atoms with Gasteiger partial charge in [0.1, 0.15) is 5.75 Å². The van der Waals surface area contributed by atoms with Gasteiger partial charge in [-0.1, -0.05) is 24.3 Å². The van der Waals surface area contributed by atoms with Gasteiger partial charge in [0.25, 0.3) is 0 Å². The minimum Gasteiger partial charge on any atom is -0.508 e. The molecule has 0 aliphatic carbocycles. The average molecular weight is 232 g/mol. The number of hydrogen-bond acceptors (Lipinski definition) is 3. The van der Waals surface area contributed by atoms with E-state index >= 15 is 0 Å². The Labute approximate surface area is 103 Å². The molecule has 0 atom stereocenters. The van der Waals surface area contributed by atoms with Crippen LogP contribution in [0.1, 0.15) is 5.56 Å². The summed E-state index contributed by atoms with van der Waals surface area (Å²) >= 11 is 0. The van der Waals surface area contributed by atoms with Crippen molar-refractivity contribution in [1.29, 1.82) is 0 Å². The highest BCUT2D eigenvalue weighted by molar-refractivity contribution is 5.28. The Morgan fingerprint density at radius 2 is 1.88 bits per heavy atom. The van der Waals surface area contributed by atoms with Crippen molar-refractivity contribution >= 4 is 0 Å². The molecule has 2 N–H and O–H groups in total. The quantitative estimate of drug-likeness (QED) is 0.770. The van der Waals surface area contributed by atoms with Crippen LogP contribution in [-0.2, 0) is 6.42 Å². The molecule has 0 spiro atoms. The molecule has 0 unspecified atom stereocenters. The van der Waals surface area contributed by atoms with Crippen LogP contribution in [0.15, 0.2) is 36.4 Å². The number of nitrogens with zero attached hydrogens (tertiary/aromatic N) is 1. The number of benzene rings is 1. The number of aromatic hydroxyl groups is 1. The van der Waals surface area contributed by atoms with Crippen LogP contribution in [0.5, 0.6) is 5.75 Å². The van der Waals surface area contributed by atoms with Crippen LogP contribution in [-0.4, -0.2) is 42.7 Å². The molecule has 3 nitrogen and oxygen atoms in total. The maximum atomic E-state index is 9.21. The topological polar surface area (TPSA) is 35.5 Å². The van der Waals surface area contributed by atoms with E-state index < -0.39 is 0 Å². The monoisotopic (exact) mass is 232 g/mol. The summed E-state index contributed by atoms with van der Waals surface area (Å²) in [7, 11) is 0. The normalized spacial score (nSPS) is 16.9. The van der Waals surface area contributed by atoms with Gasteiger partial charge in [-0.2, -0.15) is 0 Å². The van der Waals surface area contributed by atoms with Gasteiger partial charge in [0.2, 0.25) is 0 Å². The van der Waals surface area contributed by atoms with E-state index in [-0.39, 0.29) is 0 Å². The molecule has 1 aromatic carbocycles. The summed E-state index contributed by atoms with van der Waals surface area (Å²) in [6.45, 7) is 9.48. The average Bonchev–Trinajstić information content (AvgIpc) is 2.33. The fourth-order valence-corrected chi connectivity index (χ4v) is 2.14. The Kier molecular flexibility index (Phi) is 4.18. The Morgan fingerprint density at radius 1 is 1.24 bits per heavy atom. The lowest BCUT2D eigenvalue weighted by Gasteiger charge is -2.27. The molecule has 92 valence electrons. The molecule has 0 radical (unpaired) electrons. The molecule has 0 saturated carbocycles. The van der Waals surface area contributed by atoms with Gasteiger partial charge in [-0.3, -0.25) is 4.90 Å². The van der Waals surface area contributed by atoms with E-state index in [0.29, 0.717) is 5.75 Å². The lowest BCUT2D eigenvalue weighted by Crippen LogP contribution is -2.44. The first-order valence-corrected chi connectivity index (χ1v) is 6.11. The second-order valence-corrected chi connectivity index (χ2v) is 4.62. The summed E-state index contributed by atoms with van der Waals surface area (Å²) in [6.07, 6.45) is 0.893. The van der Waals surface area contributed by atoms with E-state index in [1.54, 1.807) is 12.1 Å². The molecule has 17 heavy (non-hydrogen) atoms. The molecule has 1 heterocycles. The lowest BCUT2D eigenvalue weighted by atomic mass is 10.1. The van der Waals surface area contributed by atoms with Crippen LogP contribution in [0, 0.1) is 0 Å². The molecule has 1 aromatic rings. The van der Waals surface area contributed by atoms with E-state index in [0.717, 1.165) is 39.1 Å². The van der Waals surface area contributed by atoms with Crippen LogP contribution in [0.25, 0.3) is 0 Å². The van der Waals surface area contributed by atoms with Crippen molar-refractivity contribution in [2.75, 3.05) is 32.7 Å². The second kappa shape index (κ2) is 5.84. The third kappa shape index (κ3) is 3.88. The van der Waals surface area contributed by atoms with E-state index in [4.69, 9.17) is 0 Å². The van der Waals surface area contributed by atoms with Crippen molar-refractivity contribution in [1.82, 2.24) is 10.2 Å². The van der Waals surface area contributed by atoms with E-state index in [1.807, 2.05) is 12.1 Å². The zero-order valence-corrected chi connectivity index (χ0v) is 10.2. The van der Waals surface area contributed by atoms with Crippen LogP contribution < -0.4 is 5.32 Å². The molecule has 1 aliphatic heterocycles. The highest BCUT2D eigenvalue weighted by atomic mass is 16.3. The molecule has 2 rings (SSSR count). The summed E-state index contributed by atoms with van der Waals surface area (Å²) in [5.74, 6) is 0.321. The van der Waals surface area contributed by atoms with Crippen molar-refractivity contribution in [3.05, 3.63) is 42.0 Å². The van der Waals surface area contributed by atoms with Crippen molar-refractivity contribution in [2.45, 2.75) is 6.42 Å². The maximum absolute atomic E-state index is 9.21. The minimum atomic E-state index is 0.321. The fraction of sp³-hybridized carbons (Fsp3) is 0.429. The number of phenolic OH excluding ortho intramolecular Hbond substituents is 1. The van der Waals surface area contributed by atoms with Gasteiger partial charge in [0.05, 0.1) is 0 Å². The Hall–Kier alpha value is -1.32. The predicted octanol–water partition coefficient (Wildman–Crippen LogP) is 1.40. The molecule has 3 heteroatoms. The van der Waals surface area contributed by atoms with Crippen molar-refractivity contribution in [3.8, 4) is 5.75 Å². The van der Waals surface area contributed by atoms with Crippen LogP contribution in [0.2, 0.25) is 0 Å². The minimum absolute atomic E-state index is 0.321. The van der Waals surface area contributed by atoms with Crippen LogP contribution in [0.4, 0.5) is 0 Å². The van der Waals surface area contributed by atoms with E-state index in [9.17, 15) is 5.11 Å². The SMILES string of the molecule is C=C(Cc1ccc(O)cc1)CN1CCNCC1. The summed E-state index contributed by atoms with van der Waals surface area (Å²) < 4.78 is 0. The highest BCUT2D eigenvalue weighted by Gasteiger charge is 2.10. The van der Waals surface area contributed by atoms with Gasteiger partial charge < -0.3 is 10.4 Å². The molecule has 0 bridgehead atoms. The highest BCUT2D eigenvalue weighted by Crippen LogP contribution is 2.13. The molecule has 1 aliphatic rings. The third-order valence-electron chi connectivity index (χ3n) is 3.05. The Balaban J connectivity index is 1.82. The summed E-state index contributed by atoms with van der Waals surface area (Å²) in [6, 6.07) is 7.37. The van der Waals surface area contributed by atoms with Crippen LogP contribution >= 0.6 is 0 Å². The second-order valence-electron chi connectivity index (χ2n) is 4.62. The molecule has 1 fully saturated rings. The first-order valence-electron chi connectivity index (χ1n) is 6.11. The zero-order chi connectivity index (χ0) is 12.1. The number of nitrogens with one attached hydrogen (secondary N) is 1. The molecular formula is C14H20N2O. The number of hydrogen-bond donors (Lipinski definition) is 2. The van der Waals surface area contributed by atoms with Gasteiger partial charge in [0.15, 0.2) is 0 Å². The Morgan fingerprint density at radius 3 is 2.53 bits per heavy atom. The molecule has 0 amide bonds. The molecule has 0 aromatic heterocycles. The number of phenols is 1. The first kappa shape index (κ1) is 12.1. The largest absolute Gasteiger partial charge is 0.508 e. The van der Waals surface area contributed by atoms with Gasteiger partial charge in [-0.05, 0) is 24.1 Å². The van der Waals surface area contributed by atoms with Gasteiger partial charge in [-0.25, -0.2) is 0 Å². The molecule has 1 saturated heterocycles. The van der Waals surface area contributed by atoms with Crippen molar-refractivity contribution < 1.29 is 5.11 Å². The third-order valence-corrected chi connectivity index (χ3v) is 3.05. The van der Waals surface area contributed by atoms with E-state index in [2.05, 4.69) is 16.8 Å². The Bertz CT molecular complexity index is 366. The van der Waals surface area contributed by atoms with Gasteiger partial charge in [0, 0.05) is 32.7 Å². The summed E-state index contributed by atoms with van der Waals surface area (Å²) in [5, 5.41) is 12.6. The first-order chi connectivity index (χ1) is 8.24. The van der Waals surface area contributed by atoms with Crippen LogP contribution in [0.3, 0.4) is 0 Å².